The zero-order valence-corrected chi connectivity index (χ0v) is 12.5. The van der Waals surface area contributed by atoms with Crippen LogP contribution in [0.5, 0.6) is 0 Å². The van der Waals surface area contributed by atoms with Crippen molar-refractivity contribution in [2.75, 3.05) is 6.54 Å². The molecule has 3 rings (SSSR count). The molecule has 1 saturated carbocycles. The van der Waals surface area contributed by atoms with Gasteiger partial charge >= 0.3 is 0 Å². The summed E-state index contributed by atoms with van der Waals surface area (Å²) in [5, 5.41) is 4.09. The van der Waals surface area contributed by atoms with Crippen molar-refractivity contribution in [2.45, 2.75) is 45.4 Å². The van der Waals surface area contributed by atoms with Crippen molar-refractivity contribution in [3.63, 3.8) is 0 Å². The molecule has 2 heterocycles. The quantitative estimate of drug-likeness (QED) is 0.935. The molecule has 2 N–H and O–H groups in total. The number of aryl methyl sites for hydroxylation is 1. The first-order chi connectivity index (χ1) is 10.2. The van der Waals surface area contributed by atoms with Crippen LogP contribution in [0, 0.1) is 12.3 Å². The minimum absolute atomic E-state index is 0.140. The molecule has 0 amide bonds. The topological polar surface area (TPSA) is 77.8 Å². The van der Waals surface area contributed by atoms with Crippen LogP contribution in [0.2, 0.25) is 0 Å². The molecule has 5 heteroatoms. The molecule has 0 radical (unpaired) electrons. The Morgan fingerprint density at radius 1 is 1.29 bits per heavy atom. The van der Waals surface area contributed by atoms with Gasteiger partial charge in [0.25, 0.3) is 0 Å². The first-order valence-electron chi connectivity index (χ1n) is 7.67. The molecule has 5 nitrogen and oxygen atoms in total. The third kappa shape index (κ3) is 2.97. The van der Waals surface area contributed by atoms with Gasteiger partial charge in [0.1, 0.15) is 5.69 Å². The Kier molecular flexibility index (Phi) is 4.01. The van der Waals surface area contributed by atoms with E-state index in [1.807, 2.05) is 19.1 Å². The lowest BCUT2D eigenvalue weighted by Gasteiger charge is -2.34. The van der Waals surface area contributed by atoms with Crippen LogP contribution in [0.3, 0.4) is 0 Å². The Morgan fingerprint density at radius 2 is 2.10 bits per heavy atom. The zero-order chi connectivity index (χ0) is 14.7. The van der Waals surface area contributed by atoms with E-state index in [0.717, 1.165) is 30.5 Å². The van der Waals surface area contributed by atoms with Crippen molar-refractivity contribution in [2.24, 2.45) is 11.1 Å². The molecule has 0 saturated heterocycles. The van der Waals surface area contributed by atoms with E-state index >= 15 is 0 Å². The van der Waals surface area contributed by atoms with E-state index in [-0.39, 0.29) is 5.41 Å². The summed E-state index contributed by atoms with van der Waals surface area (Å²) < 4.78 is 5.45. The third-order valence-electron chi connectivity index (χ3n) is 4.56. The summed E-state index contributed by atoms with van der Waals surface area (Å²) >= 11 is 0. The van der Waals surface area contributed by atoms with Gasteiger partial charge in [0.05, 0.1) is 0 Å². The highest BCUT2D eigenvalue weighted by Crippen LogP contribution is 2.38. The predicted molar refractivity (Wildman–Crippen MR) is 80.5 cm³/mol. The number of nitrogens with zero attached hydrogens (tertiary/aromatic N) is 3. The highest BCUT2D eigenvalue weighted by molar-refractivity contribution is 5.53. The smallest absolute Gasteiger partial charge is 0.227 e. The molecular weight excluding hydrogens is 264 g/mol. The fraction of sp³-hybridized carbons (Fsp3) is 0.562. The van der Waals surface area contributed by atoms with Crippen molar-refractivity contribution in [1.29, 1.82) is 0 Å². The van der Waals surface area contributed by atoms with Crippen molar-refractivity contribution in [1.82, 2.24) is 15.1 Å². The minimum atomic E-state index is 0.140. The molecule has 1 aliphatic carbocycles. The Morgan fingerprint density at radius 3 is 2.81 bits per heavy atom. The van der Waals surface area contributed by atoms with E-state index < -0.39 is 0 Å². The van der Waals surface area contributed by atoms with Gasteiger partial charge in [-0.15, -0.1) is 0 Å². The summed E-state index contributed by atoms with van der Waals surface area (Å²) in [4.78, 5) is 8.87. The number of aromatic nitrogens is 3. The lowest BCUT2D eigenvalue weighted by Crippen LogP contribution is -2.35. The van der Waals surface area contributed by atoms with Gasteiger partial charge in [-0.3, -0.25) is 4.98 Å². The second-order valence-corrected chi connectivity index (χ2v) is 6.12. The van der Waals surface area contributed by atoms with Gasteiger partial charge in [-0.1, -0.05) is 30.5 Å². The fourth-order valence-electron chi connectivity index (χ4n) is 3.22. The van der Waals surface area contributed by atoms with E-state index in [1.165, 1.54) is 19.3 Å². The molecule has 0 atom stereocenters. The van der Waals surface area contributed by atoms with Gasteiger partial charge in [0.15, 0.2) is 0 Å². The van der Waals surface area contributed by atoms with Gasteiger partial charge in [0, 0.05) is 12.6 Å². The maximum Gasteiger partial charge on any atom is 0.227 e. The summed E-state index contributed by atoms with van der Waals surface area (Å²) in [5.74, 6) is 1.26. The number of hydrogen-bond acceptors (Lipinski definition) is 5. The molecule has 1 aliphatic rings. The normalized spacial score (nSPS) is 17.8. The number of nitrogens with two attached hydrogens (primary N) is 1. The first-order valence-corrected chi connectivity index (χ1v) is 7.67. The minimum Gasteiger partial charge on any atom is -0.339 e. The maximum absolute atomic E-state index is 6.03. The lowest BCUT2D eigenvalue weighted by atomic mass is 9.72. The van der Waals surface area contributed by atoms with Crippen LogP contribution in [0.1, 0.15) is 43.6 Å². The van der Waals surface area contributed by atoms with Crippen LogP contribution in [0.4, 0.5) is 0 Å². The van der Waals surface area contributed by atoms with Crippen LogP contribution >= 0.6 is 0 Å². The van der Waals surface area contributed by atoms with Gasteiger partial charge in [-0.25, -0.2) is 0 Å². The van der Waals surface area contributed by atoms with E-state index in [1.54, 1.807) is 6.20 Å². The summed E-state index contributed by atoms with van der Waals surface area (Å²) in [6.07, 6.45) is 8.65. The highest BCUT2D eigenvalue weighted by Gasteiger charge is 2.33. The highest BCUT2D eigenvalue weighted by atomic mass is 16.5. The molecule has 0 unspecified atom stereocenters. The van der Waals surface area contributed by atoms with Crippen LogP contribution in [-0.4, -0.2) is 21.7 Å². The second-order valence-electron chi connectivity index (χ2n) is 6.12. The average Bonchev–Trinajstić information content (AvgIpc) is 2.97. The molecule has 112 valence electrons. The molecule has 0 spiro atoms. The molecule has 0 aromatic carbocycles. The second kappa shape index (κ2) is 5.93. The van der Waals surface area contributed by atoms with E-state index in [2.05, 4.69) is 15.1 Å². The van der Waals surface area contributed by atoms with Crippen LogP contribution in [-0.2, 0) is 6.42 Å². The maximum atomic E-state index is 6.03. The first kappa shape index (κ1) is 14.2. The van der Waals surface area contributed by atoms with E-state index in [0.29, 0.717) is 18.3 Å². The predicted octanol–water partition coefficient (Wildman–Crippen LogP) is 2.89. The van der Waals surface area contributed by atoms with Crippen molar-refractivity contribution in [3.8, 4) is 11.5 Å². The summed E-state index contributed by atoms with van der Waals surface area (Å²) in [5.41, 5.74) is 8.01. The van der Waals surface area contributed by atoms with Crippen molar-refractivity contribution >= 4 is 0 Å². The zero-order valence-electron chi connectivity index (χ0n) is 12.5. The number of pyridine rings is 1. The largest absolute Gasteiger partial charge is 0.339 e. The Bertz CT molecular complexity index is 602. The Balaban J connectivity index is 1.80. The molecule has 0 bridgehead atoms. The van der Waals surface area contributed by atoms with Crippen LogP contribution < -0.4 is 5.73 Å². The van der Waals surface area contributed by atoms with Crippen molar-refractivity contribution in [3.05, 3.63) is 29.8 Å². The lowest BCUT2D eigenvalue weighted by molar-refractivity contribution is 0.177. The van der Waals surface area contributed by atoms with E-state index in [9.17, 15) is 0 Å². The standard InChI is InChI=1S/C16H22N4O/c1-12-6-5-9-18-14(12)15-19-13(21-20-15)10-16(11-17)7-3-2-4-8-16/h5-6,9H,2-4,7-8,10-11,17H2,1H3. The molecule has 1 fully saturated rings. The summed E-state index contributed by atoms with van der Waals surface area (Å²) in [6, 6.07) is 3.91. The van der Waals surface area contributed by atoms with E-state index in [4.69, 9.17) is 10.3 Å². The molecular formula is C16H22N4O. The summed E-state index contributed by atoms with van der Waals surface area (Å²) in [6.45, 7) is 2.69. The van der Waals surface area contributed by atoms with Crippen LogP contribution in [0.25, 0.3) is 11.5 Å². The van der Waals surface area contributed by atoms with Crippen molar-refractivity contribution < 1.29 is 4.52 Å². The molecule has 2 aromatic heterocycles. The third-order valence-corrected chi connectivity index (χ3v) is 4.56. The van der Waals surface area contributed by atoms with Crippen LogP contribution in [0.15, 0.2) is 22.9 Å². The van der Waals surface area contributed by atoms with Gasteiger partial charge in [-0.2, -0.15) is 4.98 Å². The van der Waals surface area contributed by atoms with Gasteiger partial charge in [0.2, 0.25) is 11.7 Å². The number of rotatable bonds is 4. The SMILES string of the molecule is Cc1cccnc1-c1noc(CC2(CN)CCCCC2)n1. The Labute approximate surface area is 125 Å². The van der Waals surface area contributed by atoms with Gasteiger partial charge in [-0.05, 0) is 43.4 Å². The number of hydrogen-bond donors (Lipinski definition) is 1. The monoisotopic (exact) mass is 286 g/mol. The molecule has 0 aliphatic heterocycles. The van der Waals surface area contributed by atoms with Gasteiger partial charge < -0.3 is 10.3 Å². The molecule has 2 aromatic rings. The fourth-order valence-corrected chi connectivity index (χ4v) is 3.22. The molecule has 21 heavy (non-hydrogen) atoms. The Hall–Kier alpha value is -1.75. The summed E-state index contributed by atoms with van der Waals surface area (Å²) in [7, 11) is 0. The average molecular weight is 286 g/mol.